The van der Waals surface area contributed by atoms with Crippen LogP contribution in [0.3, 0.4) is 0 Å². The summed E-state index contributed by atoms with van der Waals surface area (Å²) < 4.78 is 1.71. The summed E-state index contributed by atoms with van der Waals surface area (Å²) in [6.45, 7) is 3.80. The highest BCUT2D eigenvalue weighted by atomic mass is 16.4. The molecule has 72 valence electrons. The van der Waals surface area contributed by atoms with Crippen molar-refractivity contribution in [2.75, 3.05) is 0 Å². The van der Waals surface area contributed by atoms with E-state index in [-0.39, 0.29) is 12.3 Å². The fourth-order valence-corrected chi connectivity index (χ4v) is 1.47. The second-order valence-electron chi connectivity index (χ2n) is 3.34. The molecule has 0 radical (unpaired) electrons. The number of hydrogen-bond acceptors (Lipinski definition) is 2. The quantitative estimate of drug-likeness (QED) is 0.766. The normalized spacial score (nSPS) is 12.8. The van der Waals surface area contributed by atoms with Crippen LogP contribution in [-0.2, 0) is 11.8 Å². The first-order valence-electron chi connectivity index (χ1n) is 4.22. The van der Waals surface area contributed by atoms with E-state index in [1.807, 2.05) is 27.1 Å². The summed E-state index contributed by atoms with van der Waals surface area (Å²) in [5.74, 6) is -0.734. The largest absolute Gasteiger partial charge is 0.481 e. The molecule has 0 bridgehead atoms. The van der Waals surface area contributed by atoms with E-state index in [0.717, 1.165) is 11.3 Å². The van der Waals surface area contributed by atoms with Gasteiger partial charge in [0.25, 0.3) is 0 Å². The molecule has 1 rings (SSSR count). The van der Waals surface area contributed by atoms with Crippen molar-refractivity contribution in [3.63, 3.8) is 0 Å². The van der Waals surface area contributed by atoms with Crippen molar-refractivity contribution in [3.05, 3.63) is 17.5 Å². The Balaban J connectivity index is 2.81. The van der Waals surface area contributed by atoms with Crippen LogP contribution in [0.5, 0.6) is 0 Å². The third kappa shape index (κ3) is 2.31. The van der Waals surface area contributed by atoms with Crippen molar-refractivity contribution in [2.45, 2.75) is 26.2 Å². The molecule has 0 saturated heterocycles. The number of rotatable bonds is 3. The smallest absolute Gasteiger partial charge is 0.303 e. The standard InChI is InChI=1S/C9H14N2O2/c1-6(4-9(12)13)8-5-11(3)10-7(8)2/h5-6H,4H2,1-3H3,(H,12,13). The van der Waals surface area contributed by atoms with Crippen LogP contribution in [0.15, 0.2) is 6.20 Å². The maximum atomic E-state index is 10.5. The zero-order valence-corrected chi connectivity index (χ0v) is 8.11. The van der Waals surface area contributed by atoms with Gasteiger partial charge in [-0.3, -0.25) is 9.48 Å². The lowest BCUT2D eigenvalue weighted by molar-refractivity contribution is -0.137. The highest BCUT2D eigenvalue weighted by molar-refractivity contribution is 5.68. The Hall–Kier alpha value is -1.32. The molecular formula is C9H14N2O2. The van der Waals surface area contributed by atoms with Crippen LogP contribution in [-0.4, -0.2) is 20.9 Å². The van der Waals surface area contributed by atoms with Crippen molar-refractivity contribution in [3.8, 4) is 0 Å². The molecular weight excluding hydrogens is 168 g/mol. The summed E-state index contributed by atoms with van der Waals surface area (Å²) in [6.07, 6.45) is 2.04. The van der Waals surface area contributed by atoms with Crippen molar-refractivity contribution in [1.82, 2.24) is 9.78 Å². The molecule has 0 fully saturated rings. The van der Waals surface area contributed by atoms with Gasteiger partial charge in [0.15, 0.2) is 0 Å². The van der Waals surface area contributed by atoms with Gasteiger partial charge in [-0.15, -0.1) is 0 Å². The first-order valence-corrected chi connectivity index (χ1v) is 4.22. The molecule has 0 aliphatic rings. The van der Waals surface area contributed by atoms with E-state index in [2.05, 4.69) is 5.10 Å². The van der Waals surface area contributed by atoms with Crippen LogP contribution >= 0.6 is 0 Å². The van der Waals surface area contributed by atoms with Crippen molar-refractivity contribution < 1.29 is 9.90 Å². The molecule has 1 aromatic rings. The number of carbonyl (C=O) groups is 1. The SMILES string of the molecule is Cc1nn(C)cc1C(C)CC(=O)O. The van der Waals surface area contributed by atoms with E-state index in [1.165, 1.54) is 0 Å². The highest BCUT2D eigenvalue weighted by Gasteiger charge is 2.14. The third-order valence-electron chi connectivity index (χ3n) is 2.06. The summed E-state index contributed by atoms with van der Waals surface area (Å²) in [7, 11) is 1.84. The van der Waals surface area contributed by atoms with Gasteiger partial charge in [-0.25, -0.2) is 0 Å². The Labute approximate surface area is 77.2 Å². The van der Waals surface area contributed by atoms with Crippen LogP contribution in [0.1, 0.15) is 30.5 Å². The monoisotopic (exact) mass is 182 g/mol. The van der Waals surface area contributed by atoms with Gasteiger partial charge in [-0.05, 0) is 18.4 Å². The third-order valence-corrected chi connectivity index (χ3v) is 2.06. The summed E-state index contributed by atoms with van der Waals surface area (Å²) in [6, 6.07) is 0. The summed E-state index contributed by atoms with van der Waals surface area (Å²) in [5.41, 5.74) is 1.93. The molecule has 0 saturated carbocycles. The number of aromatic nitrogens is 2. The molecule has 13 heavy (non-hydrogen) atoms. The lowest BCUT2D eigenvalue weighted by Crippen LogP contribution is -2.03. The zero-order chi connectivity index (χ0) is 10.0. The van der Waals surface area contributed by atoms with Gasteiger partial charge in [0.05, 0.1) is 12.1 Å². The number of aliphatic carboxylic acids is 1. The van der Waals surface area contributed by atoms with Gasteiger partial charge >= 0.3 is 5.97 Å². The van der Waals surface area contributed by atoms with Crippen molar-refractivity contribution >= 4 is 5.97 Å². The molecule has 0 aromatic carbocycles. The molecule has 1 N–H and O–H groups in total. The number of hydrogen-bond donors (Lipinski definition) is 1. The van der Waals surface area contributed by atoms with Crippen LogP contribution < -0.4 is 0 Å². The summed E-state index contributed by atoms with van der Waals surface area (Å²) in [4.78, 5) is 10.5. The molecule has 0 aliphatic heterocycles. The second kappa shape index (κ2) is 3.60. The molecule has 0 spiro atoms. The molecule has 1 atom stereocenters. The lowest BCUT2D eigenvalue weighted by Gasteiger charge is -2.05. The zero-order valence-electron chi connectivity index (χ0n) is 8.11. The Bertz CT molecular complexity index is 317. The summed E-state index contributed by atoms with van der Waals surface area (Å²) in [5, 5.41) is 12.8. The van der Waals surface area contributed by atoms with Gasteiger partial charge in [0.2, 0.25) is 0 Å². The number of aryl methyl sites for hydroxylation is 2. The molecule has 4 nitrogen and oxygen atoms in total. The Kier molecular flexibility index (Phi) is 2.70. The average Bonchev–Trinajstić information content (AvgIpc) is 2.28. The van der Waals surface area contributed by atoms with Crippen LogP contribution in [0.4, 0.5) is 0 Å². The fraction of sp³-hybridized carbons (Fsp3) is 0.556. The number of carboxylic acids is 1. The van der Waals surface area contributed by atoms with Gasteiger partial charge in [-0.2, -0.15) is 5.10 Å². The molecule has 0 amide bonds. The van der Waals surface area contributed by atoms with Gasteiger partial charge in [0, 0.05) is 13.2 Å². The molecule has 1 heterocycles. The van der Waals surface area contributed by atoms with Crippen molar-refractivity contribution in [1.29, 1.82) is 0 Å². The van der Waals surface area contributed by atoms with E-state index in [1.54, 1.807) is 4.68 Å². The van der Waals surface area contributed by atoms with Crippen LogP contribution in [0.2, 0.25) is 0 Å². The maximum absolute atomic E-state index is 10.5. The first kappa shape index (κ1) is 9.77. The van der Waals surface area contributed by atoms with Gasteiger partial charge < -0.3 is 5.11 Å². The Morgan fingerprint density at radius 1 is 1.77 bits per heavy atom. The first-order chi connectivity index (χ1) is 6.00. The van der Waals surface area contributed by atoms with E-state index in [9.17, 15) is 4.79 Å². The Morgan fingerprint density at radius 3 is 2.77 bits per heavy atom. The predicted octanol–water partition coefficient (Wildman–Crippen LogP) is 1.31. The van der Waals surface area contributed by atoms with E-state index in [4.69, 9.17) is 5.11 Å². The van der Waals surface area contributed by atoms with Crippen LogP contribution in [0.25, 0.3) is 0 Å². The highest BCUT2D eigenvalue weighted by Crippen LogP contribution is 2.21. The fourth-order valence-electron chi connectivity index (χ4n) is 1.47. The van der Waals surface area contributed by atoms with Gasteiger partial charge in [0.1, 0.15) is 0 Å². The predicted molar refractivity (Wildman–Crippen MR) is 48.6 cm³/mol. The maximum Gasteiger partial charge on any atom is 0.303 e. The van der Waals surface area contributed by atoms with E-state index in [0.29, 0.717) is 0 Å². The topological polar surface area (TPSA) is 55.1 Å². The molecule has 1 aromatic heterocycles. The van der Waals surface area contributed by atoms with E-state index >= 15 is 0 Å². The van der Waals surface area contributed by atoms with Gasteiger partial charge in [-0.1, -0.05) is 6.92 Å². The number of carboxylic acid groups (broad SMARTS) is 1. The van der Waals surface area contributed by atoms with Crippen LogP contribution in [0, 0.1) is 6.92 Å². The molecule has 1 unspecified atom stereocenters. The summed E-state index contributed by atoms with van der Waals surface area (Å²) >= 11 is 0. The molecule has 0 aliphatic carbocycles. The lowest BCUT2D eigenvalue weighted by atomic mass is 9.99. The minimum Gasteiger partial charge on any atom is -0.481 e. The van der Waals surface area contributed by atoms with Crippen molar-refractivity contribution in [2.24, 2.45) is 7.05 Å². The minimum absolute atomic E-state index is 0.0335. The Morgan fingerprint density at radius 2 is 2.38 bits per heavy atom. The molecule has 4 heteroatoms. The number of nitrogens with zero attached hydrogens (tertiary/aromatic N) is 2. The average molecular weight is 182 g/mol. The second-order valence-corrected chi connectivity index (χ2v) is 3.34. The minimum atomic E-state index is -0.768. The van der Waals surface area contributed by atoms with E-state index < -0.39 is 5.97 Å².